The van der Waals surface area contributed by atoms with Crippen molar-refractivity contribution in [3.05, 3.63) is 11.1 Å². The topological polar surface area (TPSA) is 63.3 Å². The van der Waals surface area contributed by atoms with Crippen molar-refractivity contribution in [2.45, 2.75) is 31.5 Å². The van der Waals surface area contributed by atoms with E-state index < -0.39 is 23.8 Å². The monoisotopic (exact) mass is 209 g/mol. The average Bonchev–Trinajstić information content (AvgIpc) is 2.32. The van der Waals surface area contributed by atoms with E-state index in [-0.39, 0.29) is 12.0 Å². The summed E-state index contributed by atoms with van der Waals surface area (Å²) in [6, 6.07) is -0.761. The van der Waals surface area contributed by atoms with Crippen LogP contribution in [0.4, 0.5) is 13.2 Å². The molecule has 0 aromatic heterocycles. The lowest BCUT2D eigenvalue weighted by atomic mass is 10.0. The molecule has 0 heterocycles. The molecule has 0 unspecified atom stereocenters. The minimum absolute atomic E-state index is 0.127. The lowest BCUT2D eigenvalue weighted by Gasteiger charge is -2.13. The lowest BCUT2D eigenvalue weighted by Crippen LogP contribution is -2.27. The molecule has 1 aliphatic carbocycles. The molecule has 1 aliphatic rings. The van der Waals surface area contributed by atoms with Crippen molar-refractivity contribution < 1.29 is 23.1 Å². The van der Waals surface area contributed by atoms with Gasteiger partial charge >= 0.3 is 12.1 Å². The van der Waals surface area contributed by atoms with E-state index in [0.29, 0.717) is 12.8 Å². The Bertz CT molecular complexity index is 283. The Balaban J connectivity index is 3.15. The Morgan fingerprint density at radius 2 is 2.07 bits per heavy atom. The van der Waals surface area contributed by atoms with Gasteiger partial charge in [0.15, 0.2) is 0 Å². The molecule has 0 saturated heterocycles. The molecule has 14 heavy (non-hydrogen) atoms. The molecular weight excluding hydrogens is 199 g/mol. The predicted molar refractivity (Wildman–Crippen MR) is 42.5 cm³/mol. The number of carboxylic acid groups (broad SMARTS) is 1. The van der Waals surface area contributed by atoms with E-state index in [1.807, 2.05) is 0 Å². The summed E-state index contributed by atoms with van der Waals surface area (Å²) in [5.74, 6) is -1.94. The molecule has 6 heteroatoms. The van der Waals surface area contributed by atoms with Crippen molar-refractivity contribution in [1.29, 1.82) is 0 Å². The Morgan fingerprint density at radius 3 is 2.36 bits per heavy atom. The molecule has 0 bridgehead atoms. The summed E-state index contributed by atoms with van der Waals surface area (Å²) in [5, 5.41) is 8.45. The number of aliphatic carboxylic acids is 1. The quantitative estimate of drug-likeness (QED) is 0.642. The second kappa shape index (κ2) is 3.61. The van der Waals surface area contributed by atoms with Gasteiger partial charge in [0.25, 0.3) is 0 Å². The van der Waals surface area contributed by atoms with Crippen LogP contribution in [0.3, 0.4) is 0 Å². The first-order valence-electron chi connectivity index (χ1n) is 4.13. The fourth-order valence-corrected chi connectivity index (χ4v) is 1.62. The van der Waals surface area contributed by atoms with Gasteiger partial charge in [-0.1, -0.05) is 0 Å². The van der Waals surface area contributed by atoms with Gasteiger partial charge in [-0.2, -0.15) is 13.2 Å². The molecule has 1 fully saturated rings. The Morgan fingerprint density at radius 1 is 1.50 bits per heavy atom. The molecule has 0 aliphatic heterocycles. The van der Waals surface area contributed by atoms with Crippen LogP contribution in [-0.2, 0) is 4.79 Å². The summed E-state index contributed by atoms with van der Waals surface area (Å²) in [5.41, 5.74) is 3.73. The molecule has 0 aromatic carbocycles. The largest absolute Gasteiger partial charge is 0.478 e. The van der Waals surface area contributed by atoms with Crippen LogP contribution in [0.15, 0.2) is 11.1 Å². The minimum Gasteiger partial charge on any atom is -0.478 e. The second-order valence-electron chi connectivity index (χ2n) is 3.20. The summed E-state index contributed by atoms with van der Waals surface area (Å²) in [7, 11) is 0. The Kier molecular flexibility index (Phi) is 2.84. The summed E-state index contributed by atoms with van der Waals surface area (Å²) in [6.07, 6.45) is -3.75. The molecular formula is C8H10F3NO2. The lowest BCUT2D eigenvalue weighted by molar-refractivity contribution is -0.145. The van der Waals surface area contributed by atoms with Crippen molar-refractivity contribution in [3.63, 3.8) is 0 Å². The van der Waals surface area contributed by atoms with Crippen LogP contribution in [0.5, 0.6) is 0 Å². The number of halogens is 3. The van der Waals surface area contributed by atoms with Crippen molar-refractivity contribution in [1.82, 2.24) is 0 Å². The van der Waals surface area contributed by atoms with Crippen molar-refractivity contribution in [2.24, 2.45) is 5.73 Å². The van der Waals surface area contributed by atoms with Gasteiger partial charge in [-0.05, 0) is 24.8 Å². The van der Waals surface area contributed by atoms with Crippen LogP contribution in [0, 0.1) is 0 Å². The fraction of sp³-hybridized carbons (Fsp3) is 0.625. The summed E-state index contributed by atoms with van der Waals surface area (Å²) in [4.78, 5) is 10.4. The maximum Gasteiger partial charge on any atom is 0.423 e. The third kappa shape index (κ3) is 2.06. The standard InChI is InChI=1S/C8H10F3NO2/c9-8(10,11)6(7(13)14)4-2-1-3-5(4)12/h5H,1-3,12H2,(H,13,14)/b6-4+/t5-/m0/s1. The van der Waals surface area contributed by atoms with Gasteiger partial charge in [0.2, 0.25) is 0 Å². The summed E-state index contributed by atoms with van der Waals surface area (Å²) < 4.78 is 36.9. The molecule has 1 atom stereocenters. The molecule has 1 rings (SSSR count). The summed E-state index contributed by atoms with van der Waals surface area (Å²) >= 11 is 0. The average molecular weight is 209 g/mol. The molecule has 0 radical (unpaired) electrons. The normalized spacial score (nSPS) is 26.4. The minimum atomic E-state index is -4.82. The summed E-state index contributed by atoms with van der Waals surface area (Å²) in [6.45, 7) is 0. The molecule has 3 nitrogen and oxygen atoms in total. The van der Waals surface area contributed by atoms with Gasteiger partial charge in [0.05, 0.1) is 0 Å². The highest BCUT2D eigenvalue weighted by Crippen LogP contribution is 2.35. The van der Waals surface area contributed by atoms with E-state index in [1.54, 1.807) is 0 Å². The van der Waals surface area contributed by atoms with Gasteiger partial charge in [-0.3, -0.25) is 0 Å². The maximum atomic E-state index is 12.3. The van der Waals surface area contributed by atoms with Gasteiger partial charge in [-0.25, -0.2) is 4.79 Å². The van der Waals surface area contributed by atoms with E-state index in [9.17, 15) is 18.0 Å². The molecule has 80 valence electrons. The molecule has 0 spiro atoms. The first-order chi connectivity index (χ1) is 6.34. The number of alkyl halides is 3. The van der Waals surface area contributed by atoms with Crippen molar-refractivity contribution >= 4 is 5.97 Å². The predicted octanol–water partition coefficient (Wildman–Crippen LogP) is 1.44. The van der Waals surface area contributed by atoms with Gasteiger partial charge in [0, 0.05) is 6.04 Å². The number of rotatable bonds is 1. The van der Waals surface area contributed by atoms with E-state index in [4.69, 9.17) is 10.8 Å². The van der Waals surface area contributed by atoms with Crippen LogP contribution in [0.25, 0.3) is 0 Å². The van der Waals surface area contributed by atoms with Crippen LogP contribution < -0.4 is 5.73 Å². The highest BCUT2D eigenvalue weighted by Gasteiger charge is 2.43. The SMILES string of the molecule is N[C@H]1CCC/C1=C(/C(=O)O)C(F)(F)F. The maximum absolute atomic E-state index is 12.3. The molecule has 0 aromatic rings. The second-order valence-corrected chi connectivity index (χ2v) is 3.20. The van der Waals surface area contributed by atoms with Crippen LogP contribution in [0.2, 0.25) is 0 Å². The van der Waals surface area contributed by atoms with E-state index >= 15 is 0 Å². The Labute approximate surface area is 78.4 Å². The van der Waals surface area contributed by atoms with Crippen LogP contribution in [-0.4, -0.2) is 23.3 Å². The van der Waals surface area contributed by atoms with E-state index in [2.05, 4.69) is 0 Å². The molecule has 0 amide bonds. The number of nitrogens with two attached hydrogens (primary N) is 1. The van der Waals surface area contributed by atoms with Crippen LogP contribution in [0.1, 0.15) is 19.3 Å². The van der Waals surface area contributed by atoms with Crippen LogP contribution >= 0.6 is 0 Å². The zero-order chi connectivity index (χ0) is 10.9. The zero-order valence-corrected chi connectivity index (χ0v) is 7.27. The highest BCUT2D eigenvalue weighted by atomic mass is 19.4. The molecule has 3 N–H and O–H groups in total. The smallest absolute Gasteiger partial charge is 0.423 e. The van der Waals surface area contributed by atoms with Gasteiger partial charge in [0.1, 0.15) is 5.57 Å². The zero-order valence-electron chi connectivity index (χ0n) is 7.27. The highest BCUT2D eigenvalue weighted by molar-refractivity contribution is 5.89. The van der Waals surface area contributed by atoms with Crippen molar-refractivity contribution in [3.8, 4) is 0 Å². The van der Waals surface area contributed by atoms with Gasteiger partial charge in [-0.15, -0.1) is 0 Å². The fourth-order valence-electron chi connectivity index (χ4n) is 1.62. The third-order valence-electron chi connectivity index (χ3n) is 2.23. The first-order valence-corrected chi connectivity index (χ1v) is 4.13. The first kappa shape index (κ1) is 11.0. The van der Waals surface area contributed by atoms with Gasteiger partial charge < -0.3 is 10.8 Å². The van der Waals surface area contributed by atoms with E-state index in [1.165, 1.54) is 0 Å². The molecule has 1 saturated carbocycles. The number of carbonyl (C=O) groups is 1. The number of carboxylic acids is 1. The van der Waals surface area contributed by atoms with Crippen molar-refractivity contribution in [2.75, 3.05) is 0 Å². The number of hydrogen-bond acceptors (Lipinski definition) is 2. The van der Waals surface area contributed by atoms with E-state index in [0.717, 1.165) is 0 Å². The Hall–Kier alpha value is -1.04. The number of hydrogen-bond donors (Lipinski definition) is 2. The third-order valence-corrected chi connectivity index (χ3v) is 2.23.